The lowest BCUT2D eigenvalue weighted by Gasteiger charge is -2.43. The van der Waals surface area contributed by atoms with Crippen LogP contribution >= 0.6 is 0 Å². The van der Waals surface area contributed by atoms with Crippen LogP contribution in [0.5, 0.6) is 0 Å². The molecule has 0 heterocycles. The van der Waals surface area contributed by atoms with Crippen LogP contribution in [0.15, 0.2) is 0 Å². The van der Waals surface area contributed by atoms with Crippen molar-refractivity contribution in [3.8, 4) is 0 Å². The van der Waals surface area contributed by atoms with Crippen molar-refractivity contribution >= 4 is 25.2 Å². The molecule has 0 saturated carbocycles. The Kier molecular flexibility index (Phi) is 16.6. The maximum atomic E-state index is 7.16. The summed E-state index contributed by atoms with van der Waals surface area (Å²) in [6, 6.07) is 4.88. The Balaban J connectivity index is 5.12. The molecular weight excluding hydrogens is 405 g/mol. The Hall–Kier alpha value is 0.571. The number of hydrogen-bond acceptors (Lipinski definition) is 2. The molecule has 0 aliphatic heterocycles. The van der Waals surface area contributed by atoms with E-state index in [4.69, 9.17) is 8.23 Å². The van der Waals surface area contributed by atoms with E-state index < -0.39 is 25.2 Å². The zero-order chi connectivity index (χ0) is 22.2. The Bertz CT molecular complexity index is 350. The van der Waals surface area contributed by atoms with Crippen molar-refractivity contribution in [3.05, 3.63) is 0 Å². The van der Waals surface area contributed by atoms with E-state index in [-0.39, 0.29) is 0 Å². The van der Waals surface area contributed by atoms with Crippen molar-refractivity contribution in [2.45, 2.75) is 155 Å². The Labute approximate surface area is 188 Å². The molecule has 5 heteroatoms. The molecule has 0 saturated heterocycles. The van der Waals surface area contributed by atoms with Gasteiger partial charge in [0.1, 0.15) is 0 Å². The van der Waals surface area contributed by atoms with Gasteiger partial charge in [-0.1, -0.05) is 105 Å². The lowest BCUT2D eigenvalue weighted by molar-refractivity contribution is 0.359. The number of rotatable bonds is 20. The summed E-state index contributed by atoms with van der Waals surface area (Å²) in [6.45, 7) is 18.9. The van der Waals surface area contributed by atoms with Gasteiger partial charge in [0, 0.05) is 0 Å². The topological polar surface area (TPSA) is 18.5 Å². The average molecular weight is 461 g/mol. The maximum Gasteiger partial charge on any atom is 0.317 e. The van der Waals surface area contributed by atoms with Crippen molar-refractivity contribution in [1.29, 1.82) is 0 Å². The first kappa shape index (κ1) is 29.6. The second-order valence-corrected chi connectivity index (χ2v) is 23.3. The molecule has 29 heavy (non-hydrogen) atoms. The fraction of sp³-hybridized carbons (Fsp3) is 1.00. The molecule has 0 spiro atoms. The van der Waals surface area contributed by atoms with Crippen LogP contribution in [-0.2, 0) is 8.23 Å². The first-order valence-corrected chi connectivity index (χ1v) is 21.5. The van der Waals surface area contributed by atoms with E-state index in [0.29, 0.717) is 0 Å². The van der Waals surface area contributed by atoms with Gasteiger partial charge in [-0.25, -0.2) is 0 Å². The molecule has 0 aromatic rings. The van der Waals surface area contributed by atoms with Crippen molar-refractivity contribution in [3.63, 3.8) is 0 Å². The van der Waals surface area contributed by atoms with Gasteiger partial charge in [0.25, 0.3) is 0 Å². The Morgan fingerprint density at radius 2 is 0.759 bits per heavy atom. The highest BCUT2D eigenvalue weighted by Crippen LogP contribution is 2.34. The van der Waals surface area contributed by atoms with Crippen LogP contribution in [0.1, 0.15) is 105 Å². The maximum absolute atomic E-state index is 7.16. The van der Waals surface area contributed by atoms with E-state index in [1.165, 1.54) is 101 Å². The van der Waals surface area contributed by atoms with Gasteiger partial charge in [0.15, 0.2) is 16.6 Å². The highest BCUT2D eigenvalue weighted by molar-refractivity contribution is 6.88. The largest absolute Gasteiger partial charge is 0.436 e. The van der Waals surface area contributed by atoms with E-state index in [2.05, 4.69) is 53.9 Å². The highest BCUT2D eigenvalue weighted by atomic mass is 28.5. The van der Waals surface area contributed by atoms with Crippen molar-refractivity contribution in [2.24, 2.45) is 0 Å². The molecule has 0 bridgehead atoms. The minimum absolute atomic E-state index is 1.20. The Morgan fingerprint density at radius 3 is 1.07 bits per heavy atom. The Morgan fingerprint density at radius 1 is 0.448 bits per heavy atom. The third kappa shape index (κ3) is 15.1. The summed E-state index contributed by atoms with van der Waals surface area (Å²) in [5.74, 6) is 0. The predicted octanol–water partition coefficient (Wildman–Crippen LogP) is 9.63. The molecule has 0 unspecified atom stereocenters. The summed E-state index contributed by atoms with van der Waals surface area (Å²) in [5, 5.41) is 0. The summed E-state index contributed by atoms with van der Waals surface area (Å²) >= 11 is 0. The standard InChI is InChI=1S/C24H56O2Si3/c1-9-13-15-17-19-21-23-29(25-27(5,6)11-3,26-28(7,8)12-4)24-22-20-18-16-14-10-2/h9-24H2,1-8H3. The zero-order valence-electron chi connectivity index (χ0n) is 21.6. The fourth-order valence-electron chi connectivity index (χ4n) is 3.85. The van der Waals surface area contributed by atoms with Gasteiger partial charge in [-0.3, -0.25) is 0 Å². The molecule has 0 aromatic carbocycles. The van der Waals surface area contributed by atoms with Crippen LogP contribution in [0.4, 0.5) is 0 Å². The van der Waals surface area contributed by atoms with Gasteiger partial charge in [-0.05, 0) is 50.4 Å². The summed E-state index contributed by atoms with van der Waals surface area (Å²) in [4.78, 5) is 0. The molecule has 0 aliphatic rings. The van der Waals surface area contributed by atoms with E-state index >= 15 is 0 Å². The summed E-state index contributed by atoms with van der Waals surface area (Å²) in [7, 11) is -5.38. The van der Waals surface area contributed by atoms with Gasteiger partial charge in [-0.15, -0.1) is 0 Å². The SMILES string of the molecule is CCCCCCCC[Si](CCCCCCCC)(O[Si](C)(C)CC)O[Si](C)(C)CC. The quantitative estimate of drug-likeness (QED) is 0.133. The van der Waals surface area contributed by atoms with Crippen molar-refractivity contribution < 1.29 is 8.23 Å². The smallest absolute Gasteiger partial charge is 0.317 e. The summed E-state index contributed by atoms with van der Waals surface area (Å²) in [6.07, 6.45) is 16.4. The molecule has 0 aromatic heterocycles. The average Bonchev–Trinajstić information content (AvgIpc) is 2.67. The molecular formula is C24H56O2Si3. The minimum Gasteiger partial charge on any atom is -0.436 e. The molecule has 0 amide bonds. The summed E-state index contributed by atoms with van der Waals surface area (Å²) < 4.78 is 14.3. The number of unbranched alkanes of at least 4 members (excludes halogenated alkanes) is 10. The van der Waals surface area contributed by atoms with Crippen LogP contribution in [0, 0.1) is 0 Å². The summed E-state index contributed by atoms with van der Waals surface area (Å²) in [5.41, 5.74) is 0. The van der Waals surface area contributed by atoms with Crippen molar-refractivity contribution in [2.75, 3.05) is 0 Å². The normalized spacial score (nSPS) is 13.2. The second kappa shape index (κ2) is 16.2. The van der Waals surface area contributed by atoms with E-state index in [9.17, 15) is 0 Å². The molecule has 0 atom stereocenters. The van der Waals surface area contributed by atoms with Gasteiger partial charge in [0.05, 0.1) is 0 Å². The molecule has 0 fully saturated rings. The minimum atomic E-state index is -2.12. The van der Waals surface area contributed by atoms with Crippen LogP contribution < -0.4 is 0 Å². The lowest BCUT2D eigenvalue weighted by Crippen LogP contribution is -2.55. The van der Waals surface area contributed by atoms with Crippen LogP contribution in [-0.4, -0.2) is 25.2 Å². The molecule has 2 nitrogen and oxygen atoms in total. The number of hydrogen-bond donors (Lipinski definition) is 0. The highest BCUT2D eigenvalue weighted by Gasteiger charge is 2.45. The zero-order valence-corrected chi connectivity index (χ0v) is 24.6. The molecule has 0 radical (unpaired) electrons. The van der Waals surface area contributed by atoms with Crippen molar-refractivity contribution in [1.82, 2.24) is 0 Å². The lowest BCUT2D eigenvalue weighted by atomic mass is 10.1. The van der Waals surface area contributed by atoms with Crippen LogP contribution in [0.25, 0.3) is 0 Å². The van der Waals surface area contributed by atoms with Gasteiger partial charge >= 0.3 is 8.56 Å². The van der Waals surface area contributed by atoms with Gasteiger partial charge < -0.3 is 8.23 Å². The molecule has 0 aliphatic carbocycles. The molecule has 0 N–H and O–H groups in total. The third-order valence-electron chi connectivity index (χ3n) is 6.45. The molecule has 176 valence electrons. The first-order chi connectivity index (χ1) is 13.7. The second-order valence-electron chi connectivity index (χ2n) is 10.4. The van der Waals surface area contributed by atoms with Gasteiger partial charge in [0.2, 0.25) is 0 Å². The van der Waals surface area contributed by atoms with E-state index in [1.807, 2.05) is 0 Å². The fourth-order valence-corrected chi connectivity index (χ4v) is 17.1. The van der Waals surface area contributed by atoms with Crippen LogP contribution in [0.2, 0.25) is 50.4 Å². The van der Waals surface area contributed by atoms with Crippen LogP contribution in [0.3, 0.4) is 0 Å². The predicted molar refractivity (Wildman–Crippen MR) is 140 cm³/mol. The first-order valence-electron chi connectivity index (χ1n) is 13.1. The van der Waals surface area contributed by atoms with E-state index in [1.54, 1.807) is 0 Å². The third-order valence-corrected chi connectivity index (χ3v) is 19.5. The monoisotopic (exact) mass is 460 g/mol. The van der Waals surface area contributed by atoms with Gasteiger partial charge in [-0.2, -0.15) is 0 Å². The molecule has 0 rings (SSSR count). The van der Waals surface area contributed by atoms with E-state index in [0.717, 1.165) is 0 Å².